The first-order valence-electron chi connectivity index (χ1n) is 7.70. The molecular weight excluding hydrogens is 324 g/mol. The molecule has 0 atom stereocenters. The van der Waals surface area contributed by atoms with Gasteiger partial charge in [0.15, 0.2) is 4.77 Å². The van der Waals surface area contributed by atoms with E-state index in [0.717, 1.165) is 5.76 Å². The normalized spacial score (nSPS) is 10.8. The monoisotopic (exact) mass is 342 g/mol. The highest BCUT2D eigenvalue weighted by Crippen LogP contribution is 2.03. The topological polar surface area (TPSA) is 75.8 Å². The van der Waals surface area contributed by atoms with Crippen LogP contribution in [0.15, 0.2) is 57.9 Å². The third kappa shape index (κ3) is 4.27. The van der Waals surface area contributed by atoms with Crippen LogP contribution in [0.2, 0.25) is 0 Å². The van der Waals surface area contributed by atoms with Gasteiger partial charge in [-0.15, -0.1) is 0 Å². The molecule has 2 N–H and O–H groups in total. The van der Waals surface area contributed by atoms with Gasteiger partial charge in [-0.05, 0) is 29.9 Å². The van der Waals surface area contributed by atoms with Gasteiger partial charge in [0, 0.05) is 19.4 Å². The molecule has 0 aliphatic rings. The number of furan rings is 1. The minimum atomic E-state index is -0.245. The van der Waals surface area contributed by atoms with Gasteiger partial charge in [0.1, 0.15) is 11.5 Å². The highest BCUT2D eigenvalue weighted by Gasteiger charge is 2.07. The van der Waals surface area contributed by atoms with Gasteiger partial charge in [-0.2, -0.15) is 5.10 Å². The van der Waals surface area contributed by atoms with Crippen molar-refractivity contribution in [3.05, 3.63) is 80.9 Å². The first-order chi connectivity index (χ1) is 11.7. The highest BCUT2D eigenvalue weighted by molar-refractivity contribution is 7.71. The maximum absolute atomic E-state index is 12.0. The molecule has 0 aliphatic heterocycles. The zero-order valence-electron chi connectivity index (χ0n) is 13.1. The molecule has 3 rings (SSSR count). The van der Waals surface area contributed by atoms with Crippen LogP contribution in [0, 0.1) is 4.77 Å². The molecule has 6 nitrogen and oxygen atoms in total. The molecule has 24 heavy (non-hydrogen) atoms. The smallest absolute Gasteiger partial charge is 0.273 e. The third-order valence-corrected chi connectivity index (χ3v) is 3.89. The van der Waals surface area contributed by atoms with Crippen LogP contribution in [0.3, 0.4) is 0 Å². The van der Waals surface area contributed by atoms with E-state index >= 15 is 0 Å². The number of hydrogen-bond donors (Lipinski definition) is 2. The quantitative estimate of drug-likeness (QED) is 0.645. The molecule has 0 unspecified atom stereocenters. The largest absolute Gasteiger partial charge is 0.469 e. The van der Waals surface area contributed by atoms with E-state index in [9.17, 15) is 4.79 Å². The molecular formula is C17H18N4O2S. The Bertz CT molecular complexity index is 885. The fourth-order valence-corrected chi connectivity index (χ4v) is 2.54. The SMILES string of the molecule is O=c1[nH]c(=S)n(CNCc2ccccc2)nc1CCc1ccco1. The molecule has 0 bridgehead atoms. The summed E-state index contributed by atoms with van der Waals surface area (Å²) in [6, 6.07) is 13.8. The highest BCUT2D eigenvalue weighted by atomic mass is 32.1. The van der Waals surface area contributed by atoms with Gasteiger partial charge >= 0.3 is 0 Å². The Balaban J connectivity index is 1.65. The van der Waals surface area contributed by atoms with Crippen molar-refractivity contribution in [1.29, 1.82) is 0 Å². The predicted octanol–water partition coefficient (Wildman–Crippen LogP) is 2.43. The van der Waals surface area contributed by atoms with Gasteiger partial charge in [0.25, 0.3) is 5.56 Å². The number of nitrogens with one attached hydrogen (secondary N) is 2. The molecule has 2 heterocycles. The predicted molar refractivity (Wildman–Crippen MR) is 93.1 cm³/mol. The molecule has 0 radical (unpaired) electrons. The molecule has 0 amide bonds. The van der Waals surface area contributed by atoms with Crippen molar-refractivity contribution in [3.8, 4) is 0 Å². The summed E-state index contributed by atoms with van der Waals surface area (Å²) in [5.41, 5.74) is 1.37. The average molecular weight is 342 g/mol. The minimum Gasteiger partial charge on any atom is -0.469 e. The lowest BCUT2D eigenvalue weighted by Crippen LogP contribution is -2.27. The Labute approximate surface area is 144 Å². The summed E-state index contributed by atoms with van der Waals surface area (Å²) < 4.78 is 7.19. The van der Waals surface area contributed by atoms with E-state index in [1.54, 1.807) is 10.9 Å². The fraction of sp³-hybridized carbons (Fsp3) is 0.235. The van der Waals surface area contributed by atoms with Crippen LogP contribution in [0.5, 0.6) is 0 Å². The number of benzene rings is 1. The van der Waals surface area contributed by atoms with Crippen LogP contribution in [0.4, 0.5) is 0 Å². The number of H-pyrrole nitrogens is 1. The second kappa shape index (κ2) is 7.85. The summed E-state index contributed by atoms with van der Waals surface area (Å²) in [6.45, 7) is 1.13. The number of hydrogen-bond acceptors (Lipinski definition) is 5. The van der Waals surface area contributed by atoms with Crippen molar-refractivity contribution < 1.29 is 4.42 Å². The Morgan fingerprint density at radius 1 is 1.17 bits per heavy atom. The van der Waals surface area contributed by atoms with Gasteiger partial charge in [0.05, 0.1) is 12.9 Å². The van der Waals surface area contributed by atoms with Crippen LogP contribution in [0.1, 0.15) is 17.0 Å². The second-order valence-electron chi connectivity index (χ2n) is 5.36. The summed E-state index contributed by atoms with van der Waals surface area (Å²) in [5, 5.41) is 7.64. The van der Waals surface area contributed by atoms with Crippen molar-refractivity contribution in [2.75, 3.05) is 0 Å². The van der Waals surface area contributed by atoms with E-state index < -0.39 is 0 Å². The number of aromatic nitrogens is 3. The second-order valence-corrected chi connectivity index (χ2v) is 5.74. The molecule has 0 aliphatic carbocycles. The summed E-state index contributed by atoms with van der Waals surface area (Å²) in [7, 11) is 0. The lowest BCUT2D eigenvalue weighted by atomic mass is 10.2. The molecule has 0 saturated carbocycles. The lowest BCUT2D eigenvalue weighted by Gasteiger charge is -2.09. The third-order valence-electron chi connectivity index (χ3n) is 3.58. The fourth-order valence-electron chi connectivity index (χ4n) is 2.34. The average Bonchev–Trinajstić information content (AvgIpc) is 3.10. The molecule has 0 fully saturated rings. The van der Waals surface area contributed by atoms with Crippen molar-refractivity contribution in [1.82, 2.24) is 20.1 Å². The van der Waals surface area contributed by atoms with Crippen molar-refractivity contribution in [3.63, 3.8) is 0 Å². The first kappa shape index (κ1) is 16.4. The van der Waals surface area contributed by atoms with Crippen LogP contribution < -0.4 is 10.9 Å². The molecule has 124 valence electrons. The van der Waals surface area contributed by atoms with Gasteiger partial charge in [-0.25, -0.2) is 4.68 Å². The summed E-state index contributed by atoms with van der Waals surface area (Å²) in [5.74, 6) is 0.826. The van der Waals surface area contributed by atoms with Gasteiger partial charge in [-0.1, -0.05) is 30.3 Å². The Morgan fingerprint density at radius 3 is 2.75 bits per heavy atom. The van der Waals surface area contributed by atoms with E-state index in [4.69, 9.17) is 16.6 Å². The van der Waals surface area contributed by atoms with E-state index in [1.807, 2.05) is 42.5 Å². The standard InChI is InChI=1S/C17H18N4O2S/c22-16-15(9-8-14-7-4-10-23-14)20-21(17(24)19-16)12-18-11-13-5-2-1-3-6-13/h1-7,10,18H,8-9,11-12H2,(H,19,22,24). The Kier molecular flexibility index (Phi) is 5.35. The molecule has 2 aromatic heterocycles. The van der Waals surface area contributed by atoms with Crippen molar-refractivity contribution in [2.45, 2.75) is 26.1 Å². The number of aryl methyl sites for hydroxylation is 2. The number of aromatic amines is 1. The van der Waals surface area contributed by atoms with E-state index in [-0.39, 0.29) is 5.56 Å². The van der Waals surface area contributed by atoms with Crippen molar-refractivity contribution >= 4 is 12.2 Å². The summed E-state index contributed by atoms with van der Waals surface area (Å²) >= 11 is 5.18. The van der Waals surface area contributed by atoms with Crippen LogP contribution in [0.25, 0.3) is 0 Å². The number of nitrogens with zero attached hydrogens (tertiary/aromatic N) is 2. The lowest BCUT2D eigenvalue weighted by molar-refractivity contribution is 0.471. The Morgan fingerprint density at radius 2 is 2.00 bits per heavy atom. The van der Waals surface area contributed by atoms with Gasteiger partial charge < -0.3 is 4.42 Å². The maximum Gasteiger partial charge on any atom is 0.273 e. The van der Waals surface area contributed by atoms with Gasteiger partial charge in [0.2, 0.25) is 0 Å². The molecule has 3 aromatic rings. The Hall–Kier alpha value is -2.51. The molecule has 0 spiro atoms. The van der Waals surface area contributed by atoms with Crippen LogP contribution in [-0.4, -0.2) is 14.8 Å². The maximum atomic E-state index is 12.0. The van der Waals surface area contributed by atoms with Crippen LogP contribution >= 0.6 is 12.2 Å². The molecule has 7 heteroatoms. The van der Waals surface area contributed by atoms with E-state index in [1.165, 1.54) is 5.56 Å². The molecule has 1 aromatic carbocycles. The van der Waals surface area contributed by atoms with E-state index in [2.05, 4.69) is 15.4 Å². The van der Waals surface area contributed by atoms with Gasteiger partial charge in [-0.3, -0.25) is 15.1 Å². The van der Waals surface area contributed by atoms with Crippen LogP contribution in [-0.2, 0) is 26.1 Å². The zero-order valence-corrected chi connectivity index (χ0v) is 13.9. The summed E-state index contributed by atoms with van der Waals surface area (Å²) in [4.78, 5) is 14.7. The van der Waals surface area contributed by atoms with E-state index in [0.29, 0.717) is 36.5 Å². The zero-order chi connectivity index (χ0) is 16.8. The summed E-state index contributed by atoms with van der Waals surface area (Å²) in [6.07, 6.45) is 2.74. The first-order valence-corrected chi connectivity index (χ1v) is 8.10. The molecule has 0 saturated heterocycles. The minimum absolute atomic E-state index is 0.245. The number of rotatable bonds is 7. The van der Waals surface area contributed by atoms with Crippen molar-refractivity contribution in [2.24, 2.45) is 0 Å².